The van der Waals surface area contributed by atoms with Crippen LogP contribution in [0.3, 0.4) is 0 Å². The van der Waals surface area contributed by atoms with E-state index < -0.39 is 0 Å². The summed E-state index contributed by atoms with van der Waals surface area (Å²) in [4.78, 5) is 0. The van der Waals surface area contributed by atoms with Gasteiger partial charge in [0.1, 0.15) is 5.75 Å². The topological polar surface area (TPSA) is 39.1 Å². The smallest absolute Gasteiger partial charge is 0.123 e. The fourth-order valence-corrected chi connectivity index (χ4v) is 2.66. The van der Waals surface area contributed by atoms with Gasteiger partial charge in [0.25, 0.3) is 0 Å². The minimum atomic E-state index is 0.697. The van der Waals surface area contributed by atoms with Gasteiger partial charge in [0, 0.05) is 37.0 Å². The van der Waals surface area contributed by atoms with Gasteiger partial charge in [-0.2, -0.15) is 5.10 Å². The van der Waals surface area contributed by atoms with Gasteiger partial charge in [0.05, 0.1) is 12.8 Å². The number of aryl methyl sites for hydroxylation is 2. The van der Waals surface area contributed by atoms with Crippen molar-refractivity contribution in [3.63, 3.8) is 0 Å². The number of methoxy groups -OCH3 is 1. The van der Waals surface area contributed by atoms with Gasteiger partial charge in [0.2, 0.25) is 0 Å². The highest BCUT2D eigenvalue weighted by Crippen LogP contribution is 2.29. The van der Waals surface area contributed by atoms with E-state index in [9.17, 15) is 0 Å². The molecule has 1 aromatic heterocycles. The van der Waals surface area contributed by atoms with Crippen LogP contribution in [-0.2, 0) is 20.0 Å². The van der Waals surface area contributed by atoms with Crippen molar-refractivity contribution in [1.29, 1.82) is 0 Å². The Morgan fingerprint density at radius 1 is 1.38 bits per heavy atom. The summed E-state index contributed by atoms with van der Waals surface area (Å²) in [6.45, 7) is 3.01. The summed E-state index contributed by atoms with van der Waals surface area (Å²) in [5, 5.41) is 8.09. The number of nitrogens with zero attached hydrogens (tertiary/aromatic N) is 2. The Labute approximate surface area is 126 Å². The molecule has 0 spiro atoms. The van der Waals surface area contributed by atoms with Gasteiger partial charge < -0.3 is 10.1 Å². The molecule has 3 rings (SSSR count). The Bertz CT molecular complexity index is 629. The van der Waals surface area contributed by atoms with Crippen molar-refractivity contribution in [3.05, 3.63) is 35.7 Å². The maximum absolute atomic E-state index is 5.49. The third-order valence-corrected chi connectivity index (χ3v) is 3.99. The number of hydrogen-bond acceptors (Lipinski definition) is 3. The van der Waals surface area contributed by atoms with Gasteiger partial charge in [-0.15, -0.1) is 0 Å². The Morgan fingerprint density at radius 2 is 2.19 bits per heavy atom. The number of aromatic nitrogens is 2. The first-order valence-electron chi connectivity index (χ1n) is 7.64. The van der Waals surface area contributed by atoms with Gasteiger partial charge in [-0.05, 0) is 37.0 Å². The second-order valence-corrected chi connectivity index (χ2v) is 5.70. The normalized spacial score (nSPS) is 14.4. The van der Waals surface area contributed by atoms with Gasteiger partial charge in [-0.25, -0.2) is 0 Å². The van der Waals surface area contributed by atoms with Crippen LogP contribution in [0.15, 0.2) is 24.4 Å². The van der Waals surface area contributed by atoms with E-state index in [1.165, 1.54) is 29.5 Å². The predicted molar refractivity (Wildman–Crippen MR) is 84.4 cm³/mol. The van der Waals surface area contributed by atoms with E-state index in [1.54, 1.807) is 7.11 Å². The van der Waals surface area contributed by atoms with E-state index in [4.69, 9.17) is 4.74 Å². The molecular formula is C17H23N3O. The quantitative estimate of drug-likeness (QED) is 0.887. The number of rotatable bonds is 6. The zero-order valence-electron chi connectivity index (χ0n) is 13.0. The zero-order valence-corrected chi connectivity index (χ0v) is 13.0. The summed E-state index contributed by atoms with van der Waals surface area (Å²) in [6.07, 6.45) is 5.63. The van der Waals surface area contributed by atoms with Crippen molar-refractivity contribution < 1.29 is 4.74 Å². The lowest BCUT2D eigenvalue weighted by Gasteiger charge is -2.11. The molecule has 1 fully saturated rings. The highest BCUT2D eigenvalue weighted by atomic mass is 16.5. The molecule has 1 aromatic carbocycles. The largest absolute Gasteiger partial charge is 0.496 e. The molecule has 0 unspecified atom stereocenters. The van der Waals surface area contributed by atoms with Crippen molar-refractivity contribution in [2.75, 3.05) is 7.11 Å². The molecule has 0 amide bonds. The first-order valence-corrected chi connectivity index (χ1v) is 7.64. The molecule has 0 atom stereocenters. The summed E-state index contributed by atoms with van der Waals surface area (Å²) in [6, 6.07) is 7.11. The van der Waals surface area contributed by atoms with Gasteiger partial charge in [-0.3, -0.25) is 4.68 Å². The second-order valence-electron chi connectivity index (χ2n) is 5.70. The maximum Gasteiger partial charge on any atom is 0.123 e. The van der Waals surface area contributed by atoms with Crippen LogP contribution < -0.4 is 10.1 Å². The lowest BCUT2D eigenvalue weighted by molar-refractivity contribution is 0.407. The summed E-state index contributed by atoms with van der Waals surface area (Å²) in [5.41, 5.74) is 4.79. The lowest BCUT2D eigenvalue weighted by atomic mass is 10.0. The lowest BCUT2D eigenvalue weighted by Crippen LogP contribution is -2.15. The van der Waals surface area contributed by atoms with Crippen LogP contribution in [0.4, 0.5) is 0 Å². The van der Waals surface area contributed by atoms with Gasteiger partial charge in [0.15, 0.2) is 0 Å². The van der Waals surface area contributed by atoms with E-state index in [1.807, 2.05) is 11.7 Å². The van der Waals surface area contributed by atoms with E-state index in [-0.39, 0.29) is 0 Å². The van der Waals surface area contributed by atoms with Crippen molar-refractivity contribution in [2.45, 2.75) is 38.8 Å². The van der Waals surface area contributed by atoms with Crippen LogP contribution in [-0.4, -0.2) is 22.9 Å². The third kappa shape index (κ3) is 3.10. The second kappa shape index (κ2) is 5.90. The van der Waals surface area contributed by atoms with Gasteiger partial charge in [-0.1, -0.05) is 13.0 Å². The van der Waals surface area contributed by atoms with E-state index >= 15 is 0 Å². The Morgan fingerprint density at radius 3 is 2.86 bits per heavy atom. The maximum atomic E-state index is 5.49. The van der Waals surface area contributed by atoms with Crippen LogP contribution in [0.25, 0.3) is 11.1 Å². The fraction of sp³-hybridized carbons (Fsp3) is 0.471. The average molecular weight is 285 g/mol. The molecule has 1 saturated carbocycles. The zero-order chi connectivity index (χ0) is 14.8. The monoisotopic (exact) mass is 285 g/mol. The summed E-state index contributed by atoms with van der Waals surface area (Å²) >= 11 is 0. The Kier molecular flexibility index (Phi) is 3.97. The molecule has 1 aliphatic rings. The Hall–Kier alpha value is -1.81. The van der Waals surface area contributed by atoms with Crippen molar-refractivity contribution in [3.8, 4) is 16.9 Å². The number of benzene rings is 1. The fourth-order valence-electron chi connectivity index (χ4n) is 2.66. The molecular weight excluding hydrogens is 262 g/mol. The molecule has 1 N–H and O–H groups in total. The van der Waals surface area contributed by atoms with Crippen LogP contribution in [0, 0.1) is 0 Å². The van der Waals surface area contributed by atoms with E-state index in [0.29, 0.717) is 6.04 Å². The molecule has 2 aromatic rings. The third-order valence-electron chi connectivity index (χ3n) is 3.99. The standard InChI is InChI=1S/C17H23N3O/c1-4-16-15(11-20(2)19-16)12-5-8-17(21-3)13(9-12)10-18-14-6-7-14/h5,8-9,11,14,18H,4,6-7,10H2,1-3H3. The number of ether oxygens (including phenoxy) is 1. The molecule has 0 saturated heterocycles. The van der Waals surface area contributed by atoms with E-state index in [0.717, 1.165) is 24.4 Å². The van der Waals surface area contributed by atoms with Crippen LogP contribution in [0.2, 0.25) is 0 Å². The minimum absolute atomic E-state index is 0.697. The van der Waals surface area contributed by atoms with Crippen molar-refractivity contribution in [1.82, 2.24) is 15.1 Å². The minimum Gasteiger partial charge on any atom is -0.496 e. The highest BCUT2D eigenvalue weighted by Gasteiger charge is 2.21. The van der Waals surface area contributed by atoms with Crippen molar-refractivity contribution >= 4 is 0 Å². The molecule has 4 nitrogen and oxygen atoms in total. The Balaban J connectivity index is 1.92. The van der Waals surface area contributed by atoms with E-state index in [2.05, 4.69) is 41.7 Å². The van der Waals surface area contributed by atoms with Crippen molar-refractivity contribution in [2.24, 2.45) is 7.05 Å². The molecule has 1 heterocycles. The molecule has 21 heavy (non-hydrogen) atoms. The SMILES string of the molecule is CCc1nn(C)cc1-c1ccc(OC)c(CNC2CC2)c1. The first kappa shape index (κ1) is 14.1. The molecule has 0 bridgehead atoms. The molecule has 0 radical (unpaired) electrons. The average Bonchev–Trinajstić information content (AvgIpc) is 3.25. The molecule has 112 valence electrons. The number of hydrogen-bond donors (Lipinski definition) is 1. The van der Waals surface area contributed by atoms with Crippen LogP contribution in [0.1, 0.15) is 31.0 Å². The summed E-state index contributed by atoms with van der Waals surface area (Å²) < 4.78 is 7.38. The summed E-state index contributed by atoms with van der Waals surface area (Å²) in [5.74, 6) is 0.953. The highest BCUT2D eigenvalue weighted by molar-refractivity contribution is 5.67. The first-order chi connectivity index (χ1) is 10.2. The predicted octanol–water partition coefficient (Wildman–Crippen LogP) is 2.91. The summed E-state index contributed by atoms with van der Waals surface area (Å²) in [7, 11) is 3.71. The van der Waals surface area contributed by atoms with Crippen LogP contribution >= 0.6 is 0 Å². The number of nitrogens with one attached hydrogen (secondary N) is 1. The molecule has 1 aliphatic carbocycles. The molecule has 0 aliphatic heterocycles. The molecule has 4 heteroatoms. The van der Waals surface area contributed by atoms with Gasteiger partial charge >= 0.3 is 0 Å². The van der Waals surface area contributed by atoms with Crippen LogP contribution in [0.5, 0.6) is 5.75 Å².